The molecule has 2 rings (SSSR count). The predicted molar refractivity (Wildman–Crippen MR) is 74.7 cm³/mol. The lowest BCUT2D eigenvalue weighted by atomic mass is 9.72. The largest absolute Gasteiger partial charge is 0.394 e. The van der Waals surface area contributed by atoms with E-state index < -0.39 is 42.5 Å². The van der Waals surface area contributed by atoms with Gasteiger partial charge in [0.1, 0.15) is 23.9 Å². The fourth-order valence-corrected chi connectivity index (χ4v) is 3.00. The quantitative estimate of drug-likeness (QED) is 0.487. The molecule has 0 spiro atoms. The first-order valence-electron chi connectivity index (χ1n) is 6.95. The van der Waals surface area contributed by atoms with Gasteiger partial charge in [-0.2, -0.15) is 0 Å². The molecule has 118 valence electrons. The van der Waals surface area contributed by atoms with Crippen LogP contribution in [-0.2, 0) is 4.74 Å². The first-order chi connectivity index (χ1) is 9.91. The lowest BCUT2D eigenvalue weighted by Gasteiger charge is -2.48. The maximum absolute atomic E-state index is 10.8. The highest BCUT2D eigenvalue weighted by Gasteiger charge is 2.54. The Hall–Kier alpha value is -1.02. The van der Waals surface area contributed by atoms with Gasteiger partial charge in [-0.05, 0) is 12.5 Å². The van der Waals surface area contributed by atoms with Crippen LogP contribution >= 0.6 is 0 Å². The van der Waals surface area contributed by atoms with Crippen LogP contribution in [-0.4, -0.2) is 68.8 Å². The molecule has 21 heavy (non-hydrogen) atoms. The van der Waals surface area contributed by atoms with Crippen LogP contribution < -0.4 is 0 Å². The van der Waals surface area contributed by atoms with Crippen molar-refractivity contribution in [1.82, 2.24) is 0 Å². The minimum Gasteiger partial charge on any atom is -0.394 e. The summed E-state index contributed by atoms with van der Waals surface area (Å²) in [5, 5.41) is 50.2. The molecule has 0 saturated carbocycles. The molecule has 1 saturated heterocycles. The third kappa shape index (κ3) is 2.96. The van der Waals surface area contributed by atoms with Gasteiger partial charge in [0.2, 0.25) is 0 Å². The van der Waals surface area contributed by atoms with Crippen molar-refractivity contribution in [2.24, 2.45) is 0 Å². The van der Waals surface area contributed by atoms with E-state index in [4.69, 9.17) is 9.84 Å². The van der Waals surface area contributed by atoms with Gasteiger partial charge in [0.25, 0.3) is 0 Å². The van der Waals surface area contributed by atoms with Crippen molar-refractivity contribution in [3.8, 4) is 0 Å². The van der Waals surface area contributed by atoms with Crippen molar-refractivity contribution in [3.63, 3.8) is 0 Å². The van der Waals surface area contributed by atoms with Crippen LogP contribution in [0.4, 0.5) is 0 Å². The van der Waals surface area contributed by atoms with Gasteiger partial charge in [-0.1, -0.05) is 30.3 Å². The molecular formula is C15H22O6. The SMILES string of the molecule is CC(O)C(c1ccccc1)[C@@]1(O)CO[C@H](CO)[C@@H](O)[C@@H]1O. The van der Waals surface area contributed by atoms with Crippen LogP contribution in [0.25, 0.3) is 0 Å². The Morgan fingerprint density at radius 2 is 1.90 bits per heavy atom. The molecule has 5 N–H and O–H groups in total. The van der Waals surface area contributed by atoms with E-state index in [1.165, 1.54) is 6.92 Å². The number of benzene rings is 1. The van der Waals surface area contributed by atoms with Gasteiger partial charge in [0, 0.05) is 5.92 Å². The number of aliphatic hydroxyl groups is 5. The summed E-state index contributed by atoms with van der Waals surface area (Å²) in [5.41, 5.74) is -1.21. The molecule has 6 heteroatoms. The topological polar surface area (TPSA) is 110 Å². The standard InChI is InChI=1S/C15H22O6/c1-9(17)12(10-5-3-2-4-6-10)15(20)8-21-11(7-16)13(18)14(15)19/h2-6,9,11-14,16-20H,7-8H2,1H3/t9?,11-,12?,13-,14+,15+/m1/s1. The van der Waals surface area contributed by atoms with Gasteiger partial charge in [0.05, 0.1) is 19.3 Å². The number of hydrogen-bond acceptors (Lipinski definition) is 6. The molecule has 0 bridgehead atoms. The van der Waals surface area contributed by atoms with Crippen LogP contribution in [0.1, 0.15) is 18.4 Å². The molecule has 0 amide bonds. The summed E-state index contributed by atoms with van der Waals surface area (Å²) in [5.74, 6) is -0.831. The zero-order chi connectivity index (χ0) is 15.6. The molecule has 6 nitrogen and oxygen atoms in total. The zero-order valence-electron chi connectivity index (χ0n) is 11.8. The monoisotopic (exact) mass is 298 g/mol. The smallest absolute Gasteiger partial charge is 0.126 e. The molecule has 0 aromatic heterocycles. The number of hydrogen-bond donors (Lipinski definition) is 5. The van der Waals surface area contributed by atoms with E-state index in [0.29, 0.717) is 5.56 Å². The third-order valence-corrected chi connectivity index (χ3v) is 4.10. The Balaban J connectivity index is 2.36. The maximum Gasteiger partial charge on any atom is 0.126 e. The number of ether oxygens (including phenoxy) is 1. The minimum atomic E-state index is -1.85. The van der Waals surface area contributed by atoms with E-state index in [1.807, 2.05) is 0 Å². The third-order valence-electron chi connectivity index (χ3n) is 4.10. The predicted octanol–water partition coefficient (Wildman–Crippen LogP) is -1.01. The van der Waals surface area contributed by atoms with Gasteiger partial charge in [-0.25, -0.2) is 0 Å². The molecule has 1 aromatic rings. The summed E-state index contributed by atoms with van der Waals surface area (Å²) >= 11 is 0. The molecule has 1 aliphatic rings. The van der Waals surface area contributed by atoms with Gasteiger partial charge in [-0.3, -0.25) is 0 Å². The van der Waals surface area contributed by atoms with Crippen LogP contribution in [0.15, 0.2) is 30.3 Å². The molecule has 0 aliphatic carbocycles. The molecule has 1 fully saturated rings. The van der Waals surface area contributed by atoms with Crippen molar-refractivity contribution < 1.29 is 30.3 Å². The summed E-state index contributed by atoms with van der Waals surface area (Å²) in [7, 11) is 0. The molecule has 1 aliphatic heterocycles. The lowest BCUT2D eigenvalue weighted by Crippen LogP contribution is -2.65. The van der Waals surface area contributed by atoms with Crippen LogP contribution in [0.5, 0.6) is 0 Å². The summed E-state index contributed by atoms with van der Waals surface area (Å²) in [6.45, 7) is 0.757. The Labute approximate surface area is 123 Å². The first-order valence-corrected chi connectivity index (χ1v) is 6.95. The summed E-state index contributed by atoms with van der Waals surface area (Å²) in [6.07, 6.45) is -4.89. The Morgan fingerprint density at radius 3 is 2.43 bits per heavy atom. The maximum atomic E-state index is 10.8. The molecule has 0 radical (unpaired) electrons. The summed E-state index contributed by atoms with van der Waals surface area (Å²) in [4.78, 5) is 0. The highest BCUT2D eigenvalue weighted by molar-refractivity contribution is 5.26. The van der Waals surface area contributed by atoms with Gasteiger partial charge >= 0.3 is 0 Å². The number of aliphatic hydroxyl groups excluding tert-OH is 4. The minimum absolute atomic E-state index is 0.291. The van der Waals surface area contributed by atoms with Crippen molar-refractivity contribution in [1.29, 1.82) is 0 Å². The van der Waals surface area contributed by atoms with Crippen molar-refractivity contribution in [2.45, 2.75) is 42.9 Å². The molecule has 2 unspecified atom stereocenters. The second-order valence-corrected chi connectivity index (χ2v) is 5.59. The second-order valence-electron chi connectivity index (χ2n) is 5.59. The summed E-state index contributed by atoms with van der Waals surface area (Å²) in [6, 6.07) is 8.78. The lowest BCUT2D eigenvalue weighted by molar-refractivity contribution is -0.253. The Morgan fingerprint density at radius 1 is 1.29 bits per heavy atom. The fourth-order valence-electron chi connectivity index (χ4n) is 3.00. The van der Waals surface area contributed by atoms with Crippen molar-refractivity contribution in [2.75, 3.05) is 13.2 Å². The second kappa shape index (κ2) is 6.39. The van der Waals surface area contributed by atoms with E-state index in [2.05, 4.69) is 0 Å². The van der Waals surface area contributed by atoms with Crippen molar-refractivity contribution >= 4 is 0 Å². The molecule has 6 atom stereocenters. The molecule has 1 aromatic carbocycles. The Kier molecular flexibility index (Phi) is 4.98. The van der Waals surface area contributed by atoms with Gasteiger partial charge < -0.3 is 30.3 Å². The van der Waals surface area contributed by atoms with Gasteiger partial charge in [-0.15, -0.1) is 0 Å². The van der Waals surface area contributed by atoms with Gasteiger partial charge in [0.15, 0.2) is 0 Å². The van der Waals surface area contributed by atoms with Crippen LogP contribution in [0.2, 0.25) is 0 Å². The van der Waals surface area contributed by atoms with E-state index in [1.54, 1.807) is 30.3 Å². The van der Waals surface area contributed by atoms with E-state index >= 15 is 0 Å². The average Bonchev–Trinajstić information content (AvgIpc) is 2.46. The normalized spacial score (nSPS) is 36.2. The van der Waals surface area contributed by atoms with Crippen LogP contribution in [0.3, 0.4) is 0 Å². The fraction of sp³-hybridized carbons (Fsp3) is 0.600. The van der Waals surface area contributed by atoms with Crippen LogP contribution in [0, 0.1) is 0 Å². The van der Waals surface area contributed by atoms with E-state index in [0.717, 1.165) is 0 Å². The highest BCUT2D eigenvalue weighted by Crippen LogP contribution is 2.39. The highest BCUT2D eigenvalue weighted by atomic mass is 16.5. The van der Waals surface area contributed by atoms with E-state index in [-0.39, 0.29) is 6.61 Å². The van der Waals surface area contributed by atoms with Crippen molar-refractivity contribution in [3.05, 3.63) is 35.9 Å². The zero-order valence-corrected chi connectivity index (χ0v) is 11.8. The molecule has 1 heterocycles. The number of rotatable bonds is 4. The summed E-state index contributed by atoms with van der Waals surface area (Å²) < 4.78 is 5.26. The molecular weight excluding hydrogens is 276 g/mol. The Bertz CT molecular complexity index is 451. The average molecular weight is 298 g/mol. The van der Waals surface area contributed by atoms with E-state index in [9.17, 15) is 20.4 Å². The first kappa shape index (κ1) is 16.4.